The molecule has 160 valence electrons. The lowest BCUT2D eigenvalue weighted by Gasteiger charge is -2.31. The van der Waals surface area contributed by atoms with E-state index in [2.05, 4.69) is 18.2 Å². The number of hydrogen-bond donors (Lipinski definition) is 0. The molecule has 0 radical (unpaired) electrons. The van der Waals surface area contributed by atoms with Gasteiger partial charge >= 0.3 is 0 Å². The Balaban J connectivity index is 1.22. The largest absolute Gasteiger partial charge is 0.493 e. The molecule has 0 saturated carbocycles. The number of nitrogens with zero attached hydrogens (tertiary/aromatic N) is 3. The Kier molecular flexibility index (Phi) is 6.68. The van der Waals surface area contributed by atoms with E-state index in [-0.39, 0.29) is 5.91 Å². The number of carbonyl (C=O) groups excluding carboxylic acids is 1. The monoisotopic (exact) mass is 435 g/mol. The van der Waals surface area contributed by atoms with Crippen LogP contribution in [0.5, 0.6) is 11.5 Å². The first kappa shape index (κ1) is 21.1. The van der Waals surface area contributed by atoms with Gasteiger partial charge in [0.2, 0.25) is 5.91 Å². The van der Waals surface area contributed by atoms with Crippen molar-refractivity contribution >= 4 is 27.5 Å². The van der Waals surface area contributed by atoms with E-state index in [9.17, 15) is 4.79 Å². The standard InChI is InChI=1S/C24H25N3O3S/c1-29-21-15-17(16-25)8-9-20(21)30-14-4-7-23(28)27-12-10-18(11-13-27)24-26-19-5-2-3-6-22(19)31-24/h2-3,5-6,8-9,15,18H,4,7,10-14H2,1H3. The molecular weight excluding hydrogens is 410 g/mol. The van der Waals surface area contributed by atoms with Crippen molar-refractivity contribution in [2.45, 2.75) is 31.6 Å². The van der Waals surface area contributed by atoms with Crippen LogP contribution >= 0.6 is 11.3 Å². The molecular formula is C24H25N3O3S. The lowest BCUT2D eigenvalue weighted by Crippen LogP contribution is -2.37. The van der Waals surface area contributed by atoms with Crippen molar-refractivity contribution < 1.29 is 14.3 Å². The van der Waals surface area contributed by atoms with Crippen LogP contribution in [0.25, 0.3) is 10.2 Å². The average molecular weight is 436 g/mol. The molecule has 0 bridgehead atoms. The van der Waals surface area contributed by atoms with Gasteiger partial charge in [0, 0.05) is 31.5 Å². The van der Waals surface area contributed by atoms with Gasteiger partial charge in [0.15, 0.2) is 11.5 Å². The fourth-order valence-electron chi connectivity index (χ4n) is 3.86. The minimum Gasteiger partial charge on any atom is -0.493 e. The molecule has 0 spiro atoms. The fraction of sp³-hybridized carbons (Fsp3) is 0.375. The zero-order valence-corrected chi connectivity index (χ0v) is 18.4. The minimum absolute atomic E-state index is 0.179. The maximum absolute atomic E-state index is 12.6. The quantitative estimate of drug-likeness (QED) is 0.501. The van der Waals surface area contributed by atoms with Crippen LogP contribution in [0.4, 0.5) is 0 Å². The molecule has 2 heterocycles. The molecule has 0 N–H and O–H groups in total. The molecule has 0 atom stereocenters. The number of para-hydroxylation sites is 1. The molecule has 7 heteroatoms. The van der Waals surface area contributed by atoms with Gasteiger partial charge in [-0.15, -0.1) is 11.3 Å². The number of benzene rings is 2. The number of aromatic nitrogens is 1. The van der Waals surface area contributed by atoms with Crippen molar-refractivity contribution in [2.75, 3.05) is 26.8 Å². The Hall–Kier alpha value is -3.11. The fourth-order valence-corrected chi connectivity index (χ4v) is 5.00. The van der Waals surface area contributed by atoms with Crippen molar-refractivity contribution in [3.63, 3.8) is 0 Å². The molecule has 1 saturated heterocycles. The van der Waals surface area contributed by atoms with Crippen LogP contribution in [0.2, 0.25) is 0 Å². The summed E-state index contributed by atoms with van der Waals surface area (Å²) >= 11 is 1.77. The Morgan fingerprint density at radius 1 is 1.23 bits per heavy atom. The lowest BCUT2D eigenvalue weighted by molar-refractivity contribution is -0.132. The van der Waals surface area contributed by atoms with Gasteiger partial charge in [-0.2, -0.15) is 5.26 Å². The van der Waals surface area contributed by atoms with Crippen LogP contribution in [0.3, 0.4) is 0 Å². The average Bonchev–Trinajstić information content (AvgIpc) is 3.26. The topological polar surface area (TPSA) is 75.5 Å². The Morgan fingerprint density at radius 3 is 2.77 bits per heavy atom. The van der Waals surface area contributed by atoms with Crippen LogP contribution in [-0.2, 0) is 4.79 Å². The van der Waals surface area contributed by atoms with Crippen molar-refractivity contribution in [1.82, 2.24) is 9.88 Å². The Labute approximate surface area is 186 Å². The SMILES string of the molecule is COc1cc(C#N)ccc1OCCCC(=O)N1CCC(c2nc3ccccc3s2)CC1. The zero-order valence-electron chi connectivity index (χ0n) is 17.5. The summed E-state index contributed by atoms with van der Waals surface area (Å²) in [5, 5.41) is 10.2. The van der Waals surface area contributed by atoms with Crippen LogP contribution < -0.4 is 9.47 Å². The molecule has 3 aromatic rings. The van der Waals surface area contributed by atoms with E-state index in [0.717, 1.165) is 31.4 Å². The molecule has 1 fully saturated rings. The predicted molar refractivity (Wildman–Crippen MR) is 121 cm³/mol. The van der Waals surface area contributed by atoms with Crippen molar-refractivity contribution in [2.24, 2.45) is 0 Å². The summed E-state index contributed by atoms with van der Waals surface area (Å²) in [6.07, 6.45) is 3.03. The summed E-state index contributed by atoms with van der Waals surface area (Å²) in [5.74, 6) is 1.74. The number of rotatable bonds is 7. The lowest BCUT2D eigenvalue weighted by atomic mass is 9.97. The number of likely N-dealkylation sites (tertiary alicyclic amines) is 1. The van der Waals surface area contributed by atoms with Crippen LogP contribution in [0, 0.1) is 11.3 Å². The smallest absolute Gasteiger partial charge is 0.222 e. The first-order valence-corrected chi connectivity index (χ1v) is 11.3. The van der Waals surface area contributed by atoms with E-state index in [1.807, 2.05) is 17.0 Å². The Bertz CT molecular complexity index is 1060. The number of methoxy groups -OCH3 is 1. The number of piperidine rings is 1. The zero-order chi connectivity index (χ0) is 21.6. The normalized spacial score (nSPS) is 14.4. The number of ether oxygens (including phenoxy) is 2. The highest BCUT2D eigenvalue weighted by atomic mass is 32.1. The second-order valence-corrected chi connectivity index (χ2v) is 8.67. The summed E-state index contributed by atoms with van der Waals surface area (Å²) in [4.78, 5) is 19.4. The second kappa shape index (κ2) is 9.80. The summed E-state index contributed by atoms with van der Waals surface area (Å²) in [6, 6.07) is 15.4. The molecule has 1 amide bonds. The highest BCUT2D eigenvalue weighted by molar-refractivity contribution is 7.18. The molecule has 1 aliphatic heterocycles. The molecule has 0 aliphatic carbocycles. The Morgan fingerprint density at radius 2 is 2.03 bits per heavy atom. The maximum atomic E-state index is 12.6. The van der Waals surface area contributed by atoms with E-state index in [0.29, 0.717) is 42.4 Å². The molecule has 4 rings (SSSR count). The highest BCUT2D eigenvalue weighted by Gasteiger charge is 2.25. The van der Waals surface area contributed by atoms with E-state index >= 15 is 0 Å². The van der Waals surface area contributed by atoms with Gasteiger partial charge in [-0.25, -0.2) is 4.98 Å². The molecule has 1 aromatic heterocycles. The van der Waals surface area contributed by atoms with Gasteiger partial charge < -0.3 is 14.4 Å². The number of hydrogen-bond acceptors (Lipinski definition) is 6. The second-order valence-electron chi connectivity index (χ2n) is 7.60. The number of thiazole rings is 1. The van der Waals surface area contributed by atoms with Gasteiger partial charge in [-0.3, -0.25) is 4.79 Å². The van der Waals surface area contributed by atoms with Crippen molar-refractivity contribution in [3.8, 4) is 17.6 Å². The third kappa shape index (κ3) is 4.97. The van der Waals surface area contributed by atoms with Gasteiger partial charge in [0.05, 0.1) is 40.6 Å². The first-order chi connectivity index (χ1) is 15.2. The van der Waals surface area contributed by atoms with E-state index in [1.54, 1.807) is 36.6 Å². The van der Waals surface area contributed by atoms with E-state index < -0.39 is 0 Å². The van der Waals surface area contributed by atoms with E-state index in [4.69, 9.17) is 19.7 Å². The maximum Gasteiger partial charge on any atom is 0.222 e. The third-order valence-electron chi connectivity index (χ3n) is 5.59. The summed E-state index contributed by atoms with van der Waals surface area (Å²) in [6.45, 7) is 1.99. The number of amides is 1. The van der Waals surface area contributed by atoms with Gasteiger partial charge in [0.25, 0.3) is 0 Å². The van der Waals surface area contributed by atoms with Crippen LogP contribution in [-0.4, -0.2) is 42.6 Å². The molecule has 2 aromatic carbocycles. The van der Waals surface area contributed by atoms with Gasteiger partial charge in [0.1, 0.15) is 0 Å². The summed E-state index contributed by atoms with van der Waals surface area (Å²) in [5.41, 5.74) is 1.59. The van der Waals surface area contributed by atoms with Crippen molar-refractivity contribution in [1.29, 1.82) is 5.26 Å². The third-order valence-corrected chi connectivity index (χ3v) is 6.79. The number of nitriles is 1. The number of fused-ring (bicyclic) bond motifs is 1. The van der Waals surface area contributed by atoms with Gasteiger partial charge in [-0.05, 0) is 43.5 Å². The summed E-state index contributed by atoms with van der Waals surface area (Å²) in [7, 11) is 1.55. The van der Waals surface area contributed by atoms with Crippen LogP contribution in [0.1, 0.15) is 42.2 Å². The van der Waals surface area contributed by atoms with Crippen molar-refractivity contribution in [3.05, 3.63) is 53.0 Å². The van der Waals surface area contributed by atoms with E-state index in [1.165, 1.54) is 9.71 Å². The molecule has 0 unspecified atom stereocenters. The molecule has 6 nitrogen and oxygen atoms in total. The van der Waals surface area contributed by atoms with Crippen LogP contribution in [0.15, 0.2) is 42.5 Å². The predicted octanol–water partition coefficient (Wildman–Crippen LogP) is 4.74. The first-order valence-electron chi connectivity index (χ1n) is 10.5. The number of carbonyl (C=O) groups is 1. The minimum atomic E-state index is 0.179. The molecule has 1 aliphatic rings. The molecule has 31 heavy (non-hydrogen) atoms. The summed E-state index contributed by atoms with van der Waals surface area (Å²) < 4.78 is 12.3. The highest BCUT2D eigenvalue weighted by Crippen LogP contribution is 2.34. The van der Waals surface area contributed by atoms with Gasteiger partial charge in [-0.1, -0.05) is 12.1 Å².